The fraction of sp³-hybridized carbons (Fsp3) is 0.682. The lowest BCUT2D eigenvalue weighted by molar-refractivity contribution is 0.152. The normalized spacial score (nSPS) is 32.9. The molecule has 0 amide bonds. The molecule has 128 valence electrons. The van der Waals surface area contributed by atoms with E-state index in [1.165, 1.54) is 63.6 Å². The van der Waals surface area contributed by atoms with Crippen LogP contribution >= 0.6 is 0 Å². The summed E-state index contributed by atoms with van der Waals surface area (Å²) in [4.78, 5) is 0. The Kier molecular flexibility index (Phi) is 4.63. The van der Waals surface area contributed by atoms with Gasteiger partial charge in [0.05, 0.1) is 11.5 Å². The van der Waals surface area contributed by atoms with Gasteiger partial charge in [-0.25, -0.2) is 0 Å². The lowest BCUT2D eigenvalue weighted by atomic mass is 9.60. The van der Waals surface area contributed by atoms with Crippen LogP contribution < -0.4 is 5.32 Å². The summed E-state index contributed by atoms with van der Waals surface area (Å²) in [6.45, 7) is 2.34. The Labute approximate surface area is 146 Å². The third-order valence-electron chi connectivity index (χ3n) is 7.28. The van der Waals surface area contributed by atoms with Gasteiger partial charge in [-0.05, 0) is 74.4 Å². The molecule has 3 fully saturated rings. The molecule has 0 radical (unpaired) electrons. The van der Waals surface area contributed by atoms with Crippen molar-refractivity contribution in [3.63, 3.8) is 0 Å². The van der Waals surface area contributed by atoms with Crippen molar-refractivity contribution >= 4 is 0 Å². The van der Waals surface area contributed by atoms with Crippen LogP contribution in [0.5, 0.6) is 0 Å². The second kappa shape index (κ2) is 6.89. The highest BCUT2D eigenvalue weighted by Gasteiger charge is 2.48. The summed E-state index contributed by atoms with van der Waals surface area (Å²) in [7, 11) is 0. The Morgan fingerprint density at radius 1 is 0.958 bits per heavy atom. The molecule has 3 unspecified atom stereocenters. The molecule has 1 N–H and O–H groups in total. The first-order chi connectivity index (χ1) is 11.8. The van der Waals surface area contributed by atoms with Crippen molar-refractivity contribution in [2.75, 3.05) is 13.1 Å². The lowest BCUT2D eigenvalue weighted by Crippen LogP contribution is -2.44. The van der Waals surface area contributed by atoms with Gasteiger partial charge < -0.3 is 5.32 Å². The summed E-state index contributed by atoms with van der Waals surface area (Å²) in [5.74, 6) is 2.88. The van der Waals surface area contributed by atoms with Gasteiger partial charge >= 0.3 is 0 Å². The maximum atomic E-state index is 10.4. The second-order valence-corrected chi connectivity index (χ2v) is 8.41. The van der Waals surface area contributed by atoms with Crippen molar-refractivity contribution in [1.82, 2.24) is 5.32 Å². The molecule has 24 heavy (non-hydrogen) atoms. The fourth-order valence-electron chi connectivity index (χ4n) is 5.96. The Morgan fingerprint density at radius 2 is 1.62 bits per heavy atom. The van der Waals surface area contributed by atoms with E-state index in [4.69, 9.17) is 0 Å². The fourth-order valence-corrected chi connectivity index (χ4v) is 5.96. The molecule has 2 heteroatoms. The molecule has 1 aromatic rings. The number of hydrogen-bond acceptors (Lipinski definition) is 2. The first-order valence-electron chi connectivity index (χ1n) is 10.0. The quantitative estimate of drug-likeness (QED) is 0.875. The first kappa shape index (κ1) is 16.2. The number of nitriles is 1. The standard InChI is InChI=1S/C22H30N2/c23-16-22(19-7-3-1-4-8-19,20-9-5-2-6-10-20)13-21-17-11-12-18(21)15-24-14-17/h1,3-4,7-8,17-18,20-21,24H,2,5-6,9-15H2. The van der Waals surface area contributed by atoms with E-state index in [-0.39, 0.29) is 5.41 Å². The van der Waals surface area contributed by atoms with E-state index in [1.54, 1.807) is 0 Å². The number of fused-ring (bicyclic) bond motifs is 2. The van der Waals surface area contributed by atoms with E-state index in [2.05, 4.69) is 41.7 Å². The van der Waals surface area contributed by atoms with Crippen LogP contribution in [-0.4, -0.2) is 13.1 Å². The number of piperidine rings is 1. The SMILES string of the molecule is N#CC(CC1C2CCC1CNC2)(c1ccccc1)C1CCCCC1. The van der Waals surface area contributed by atoms with Crippen molar-refractivity contribution in [1.29, 1.82) is 5.26 Å². The molecule has 3 atom stereocenters. The zero-order chi connectivity index (χ0) is 16.4. The molecular formula is C22H30N2. The molecule has 4 rings (SSSR count). The first-order valence-corrected chi connectivity index (χ1v) is 10.0. The highest BCUT2D eigenvalue weighted by Crippen LogP contribution is 2.51. The molecule has 0 aromatic heterocycles. The number of nitrogens with zero attached hydrogens (tertiary/aromatic N) is 1. The molecule has 1 aromatic carbocycles. The number of benzene rings is 1. The molecule has 2 saturated carbocycles. The Bertz CT molecular complexity index is 568. The summed E-state index contributed by atoms with van der Waals surface area (Å²) < 4.78 is 0. The minimum atomic E-state index is -0.259. The molecule has 1 aliphatic heterocycles. The van der Waals surface area contributed by atoms with E-state index in [0.29, 0.717) is 5.92 Å². The molecular weight excluding hydrogens is 292 g/mol. The maximum absolute atomic E-state index is 10.4. The van der Waals surface area contributed by atoms with Crippen LogP contribution in [-0.2, 0) is 5.41 Å². The largest absolute Gasteiger partial charge is 0.316 e. The van der Waals surface area contributed by atoms with Gasteiger partial charge in [0.25, 0.3) is 0 Å². The van der Waals surface area contributed by atoms with Crippen molar-refractivity contribution in [2.45, 2.75) is 56.8 Å². The third kappa shape index (κ3) is 2.78. The lowest BCUT2D eigenvalue weighted by Gasteiger charge is -2.43. The number of rotatable bonds is 4. The Balaban J connectivity index is 1.68. The monoisotopic (exact) mass is 322 g/mol. The predicted molar refractivity (Wildman–Crippen MR) is 97.5 cm³/mol. The van der Waals surface area contributed by atoms with Crippen LogP contribution in [0.2, 0.25) is 0 Å². The van der Waals surface area contributed by atoms with Gasteiger partial charge in [0.1, 0.15) is 0 Å². The zero-order valence-corrected chi connectivity index (χ0v) is 14.7. The van der Waals surface area contributed by atoms with Crippen LogP contribution in [0.15, 0.2) is 30.3 Å². The summed E-state index contributed by atoms with van der Waals surface area (Å²) in [6.07, 6.45) is 10.3. The van der Waals surface area contributed by atoms with Crippen LogP contribution in [0.3, 0.4) is 0 Å². The van der Waals surface area contributed by atoms with Gasteiger partial charge in [-0.3, -0.25) is 0 Å². The summed E-state index contributed by atoms with van der Waals surface area (Å²) in [5.41, 5.74) is 1.03. The highest BCUT2D eigenvalue weighted by atomic mass is 14.9. The Hall–Kier alpha value is -1.33. The van der Waals surface area contributed by atoms with Crippen LogP contribution in [0.4, 0.5) is 0 Å². The van der Waals surface area contributed by atoms with E-state index in [0.717, 1.165) is 24.2 Å². The van der Waals surface area contributed by atoms with Gasteiger partial charge in [0, 0.05) is 0 Å². The zero-order valence-electron chi connectivity index (χ0n) is 14.7. The van der Waals surface area contributed by atoms with Crippen molar-refractivity contribution in [3.05, 3.63) is 35.9 Å². The summed E-state index contributed by atoms with van der Waals surface area (Å²) in [6, 6.07) is 13.7. The molecule has 1 saturated heterocycles. The molecule has 2 bridgehead atoms. The van der Waals surface area contributed by atoms with E-state index in [9.17, 15) is 5.26 Å². The van der Waals surface area contributed by atoms with Crippen molar-refractivity contribution < 1.29 is 0 Å². The van der Waals surface area contributed by atoms with Gasteiger partial charge in [-0.1, -0.05) is 49.6 Å². The summed E-state index contributed by atoms with van der Waals surface area (Å²) in [5, 5.41) is 14.1. The van der Waals surface area contributed by atoms with Crippen LogP contribution in [0.25, 0.3) is 0 Å². The van der Waals surface area contributed by atoms with Gasteiger partial charge in [-0.2, -0.15) is 5.26 Å². The molecule has 3 aliphatic rings. The maximum Gasteiger partial charge on any atom is 0.0853 e. The van der Waals surface area contributed by atoms with E-state index >= 15 is 0 Å². The number of hydrogen-bond donors (Lipinski definition) is 1. The van der Waals surface area contributed by atoms with Crippen molar-refractivity contribution in [3.8, 4) is 6.07 Å². The van der Waals surface area contributed by atoms with Crippen molar-refractivity contribution in [2.24, 2.45) is 23.7 Å². The highest BCUT2D eigenvalue weighted by molar-refractivity contribution is 5.34. The second-order valence-electron chi connectivity index (χ2n) is 8.41. The van der Waals surface area contributed by atoms with Gasteiger partial charge in [-0.15, -0.1) is 0 Å². The molecule has 0 spiro atoms. The minimum Gasteiger partial charge on any atom is -0.316 e. The molecule has 1 heterocycles. The predicted octanol–water partition coefficient (Wildman–Crippen LogP) is 4.66. The molecule has 2 aliphatic carbocycles. The van der Waals surface area contributed by atoms with E-state index in [1.807, 2.05) is 0 Å². The topological polar surface area (TPSA) is 35.8 Å². The van der Waals surface area contributed by atoms with Crippen LogP contribution in [0, 0.1) is 35.0 Å². The number of nitrogens with one attached hydrogen (secondary N) is 1. The Morgan fingerprint density at radius 3 is 2.25 bits per heavy atom. The van der Waals surface area contributed by atoms with Crippen LogP contribution in [0.1, 0.15) is 56.9 Å². The summed E-state index contributed by atoms with van der Waals surface area (Å²) >= 11 is 0. The van der Waals surface area contributed by atoms with Gasteiger partial charge in [0.15, 0.2) is 0 Å². The third-order valence-corrected chi connectivity index (χ3v) is 7.28. The smallest absolute Gasteiger partial charge is 0.0853 e. The minimum absolute atomic E-state index is 0.259. The van der Waals surface area contributed by atoms with Gasteiger partial charge in [0.2, 0.25) is 0 Å². The van der Waals surface area contributed by atoms with E-state index < -0.39 is 0 Å². The average Bonchev–Trinajstić information content (AvgIpc) is 2.87. The average molecular weight is 322 g/mol. The molecule has 2 nitrogen and oxygen atoms in total.